The highest BCUT2D eigenvalue weighted by molar-refractivity contribution is 7.87. The molecular formula is C18H25N3O3S. The maximum Gasteiger partial charge on any atom is 0.279 e. The van der Waals surface area contributed by atoms with Crippen molar-refractivity contribution in [3.05, 3.63) is 35.4 Å². The zero-order valence-corrected chi connectivity index (χ0v) is 15.4. The van der Waals surface area contributed by atoms with Crippen molar-refractivity contribution in [2.45, 2.75) is 37.6 Å². The standard InChI is InChI=1S/C18H25N3O3S/c1-19-25(23,24)21-10-6-14(7-11-21)17(22)20-12-15-4-2-3-5-16(15)18(13-20)8-9-18/h2-5,14,19H,6-13H2,1H3. The number of piperidine rings is 1. The van der Waals surface area contributed by atoms with E-state index in [0.717, 1.165) is 19.4 Å². The molecule has 7 heteroatoms. The first-order chi connectivity index (χ1) is 12.0. The number of benzene rings is 1. The van der Waals surface area contributed by atoms with Crippen molar-refractivity contribution in [1.82, 2.24) is 13.9 Å². The molecule has 25 heavy (non-hydrogen) atoms. The van der Waals surface area contributed by atoms with Gasteiger partial charge >= 0.3 is 0 Å². The van der Waals surface area contributed by atoms with Crippen LogP contribution < -0.4 is 4.72 Å². The predicted octanol–water partition coefficient (Wildman–Crippen LogP) is 1.24. The van der Waals surface area contributed by atoms with E-state index >= 15 is 0 Å². The van der Waals surface area contributed by atoms with Crippen LogP contribution in [0.3, 0.4) is 0 Å². The predicted molar refractivity (Wildman–Crippen MR) is 95.0 cm³/mol. The first-order valence-corrected chi connectivity index (χ1v) is 10.4. The first-order valence-electron chi connectivity index (χ1n) is 9.01. The first kappa shape index (κ1) is 17.0. The van der Waals surface area contributed by atoms with Gasteiger partial charge in [-0.3, -0.25) is 4.79 Å². The third kappa shape index (κ3) is 2.98. The molecule has 2 aliphatic heterocycles. The molecule has 0 unspecified atom stereocenters. The Hall–Kier alpha value is -1.44. The van der Waals surface area contributed by atoms with Crippen LogP contribution in [0, 0.1) is 5.92 Å². The molecule has 6 nitrogen and oxygen atoms in total. The summed E-state index contributed by atoms with van der Waals surface area (Å²) in [5.41, 5.74) is 2.88. The van der Waals surface area contributed by atoms with Crippen LogP contribution in [-0.2, 0) is 27.0 Å². The van der Waals surface area contributed by atoms with Crippen LogP contribution in [0.5, 0.6) is 0 Å². The number of rotatable bonds is 3. The topological polar surface area (TPSA) is 69.7 Å². The summed E-state index contributed by atoms with van der Waals surface area (Å²) in [6.45, 7) is 2.33. The smallest absolute Gasteiger partial charge is 0.279 e. The van der Waals surface area contributed by atoms with Crippen molar-refractivity contribution < 1.29 is 13.2 Å². The van der Waals surface area contributed by atoms with Gasteiger partial charge in [0, 0.05) is 44.6 Å². The Balaban J connectivity index is 1.45. The normalized spacial score (nSPS) is 23.5. The monoisotopic (exact) mass is 363 g/mol. The Morgan fingerprint density at radius 3 is 2.52 bits per heavy atom. The number of nitrogens with one attached hydrogen (secondary N) is 1. The molecule has 1 amide bonds. The van der Waals surface area contributed by atoms with Crippen LogP contribution in [0.2, 0.25) is 0 Å². The zero-order valence-electron chi connectivity index (χ0n) is 14.6. The van der Waals surface area contributed by atoms with Crippen molar-refractivity contribution >= 4 is 16.1 Å². The van der Waals surface area contributed by atoms with Crippen LogP contribution in [0.4, 0.5) is 0 Å². The van der Waals surface area contributed by atoms with Crippen LogP contribution in [0.15, 0.2) is 24.3 Å². The summed E-state index contributed by atoms with van der Waals surface area (Å²) in [5.74, 6) is 0.131. The highest BCUT2D eigenvalue weighted by atomic mass is 32.2. The van der Waals surface area contributed by atoms with Crippen LogP contribution >= 0.6 is 0 Å². The summed E-state index contributed by atoms with van der Waals surface area (Å²) in [7, 11) is -1.96. The van der Waals surface area contributed by atoms with Gasteiger partial charge in [-0.05, 0) is 36.8 Å². The Kier molecular flexibility index (Phi) is 4.13. The summed E-state index contributed by atoms with van der Waals surface area (Å²) in [6.07, 6.45) is 3.52. The molecule has 1 aromatic carbocycles. The van der Waals surface area contributed by atoms with E-state index in [1.807, 2.05) is 11.0 Å². The molecule has 1 N–H and O–H groups in total. The average molecular weight is 363 g/mol. The molecule has 1 aromatic rings. The quantitative estimate of drug-likeness (QED) is 0.878. The SMILES string of the molecule is CNS(=O)(=O)N1CCC(C(=O)N2Cc3ccccc3C3(CC3)C2)CC1. The second-order valence-corrected chi connectivity index (χ2v) is 9.39. The van der Waals surface area contributed by atoms with Gasteiger partial charge in [0.15, 0.2) is 0 Å². The lowest BCUT2D eigenvalue weighted by atomic mass is 9.86. The third-order valence-corrected chi connectivity index (χ3v) is 7.57. The number of carbonyl (C=O) groups excluding carboxylic acids is 1. The van der Waals surface area contributed by atoms with Gasteiger partial charge in [-0.2, -0.15) is 12.7 Å². The summed E-state index contributed by atoms with van der Waals surface area (Å²) in [6, 6.07) is 8.49. The van der Waals surface area contributed by atoms with Crippen LogP contribution in [0.1, 0.15) is 36.8 Å². The van der Waals surface area contributed by atoms with Crippen molar-refractivity contribution in [3.8, 4) is 0 Å². The van der Waals surface area contributed by atoms with Crippen molar-refractivity contribution in [1.29, 1.82) is 0 Å². The summed E-state index contributed by atoms with van der Waals surface area (Å²) < 4.78 is 27.6. The van der Waals surface area contributed by atoms with Gasteiger partial charge in [-0.25, -0.2) is 4.72 Å². The van der Waals surface area contributed by atoms with E-state index in [2.05, 4.69) is 22.9 Å². The lowest BCUT2D eigenvalue weighted by Gasteiger charge is -2.38. The minimum absolute atomic E-state index is 0.0654. The molecule has 0 atom stereocenters. The molecule has 0 aromatic heterocycles. The Morgan fingerprint density at radius 1 is 1.20 bits per heavy atom. The summed E-state index contributed by atoms with van der Waals surface area (Å²) >= 11 is 0. The van der Waals surface area contributed by atoms with Crippen molar-refractivity contribution in [3.63, 3.8) is 0 Å². The van der Waals surface area contributed by atoms with E-state index in [-0.39, 0.29) is 17.2 Å². The number of hydrogen-bond acceptors (Lipinski definition) is 3. The van der Waals surface area contributed by atoms with Gasteiger partial charge in [-0.15, -0.1) is 0 Å². The lowest BCUT2D eigenvalue weighted by molar-refractivity contribution is -0.138. The van der Waals surface area contributed by atoms with E-state index < -0.39 is 10.2 Å². The molecule has 2 heterocycles. The molecule has 4 rings (SSSR count). The molecule has 3 aliphatic rings. The molecule has 1 saturated carbocycles. The molecular weight excluding hydrogens is 338 g/mol. The minimum atomic E-state index is -3.39. The molecule has 0 bridgehead atoms. The fourth-order valence-electron chi connectivity index (χ4n) is 4.35. The van der Waals surface area contributed by atoms with Gasteiger partial charge in [0.1, 0.15) is 0 Å². The van der Waals surface area contributed by atoms with Gasteiger partial charge in [0.25, 0.3) is 10.2 Å². The Morgan fingerprint density at radius 2 is 1.88 bits per heavy atom. The number of amides is 1. The molecule has 1 aliphatic carbocycles. The molecule has 0 radical (unpaired) electrons. The van der Waals surface area contributed by atoms with Gasteiger partial charge < -0.3 is 4.90 Å². The largest absolute Gasteiger partial charge is 0.337 e. The number of hydrogen-bond donors (Lipinski definition) is 1. The van der Waals surface area contributed by atoms with Gasteiger partial charge in [0.2, 0.25) is 5.91 Å². The molecule has 1 spiro atoms. The van der Waals surface area contributed by atoms with E-state index in [0.29, 0.717) is 32.5 Å². The maximum absolute atomic E-state index is 13.0. The molecule has 136 valence electrons. The number of nitrogens with zero attached hydrogens (tertiary/aromatic N) is 2. The molecule has 1 saturated heterocycles. The van der Waals surface area contributed by atoms with Crippen molar-refractivity contribution in [2.75, 3.05) is 26.7 Å². The minimum Gasteiger partial charge on any atom is -0.337 e. The van der Waals surface area contributed by atoms with Crippen molar-refractivity contribution in [2.24, 2.45) is 5.92 Å². The van der Waals surface area contributed by atoms with Gasteiger partial charge in [0.05, 0.1) is 0 Å². The highest BCUT2D eigenvalue weighted by Crippen LogP contribution is 2.52. The fourth-order valence-corrected chi connectivity index (χ4v) is 5.30. The highest BCUT2D eigenvalue weighted by Gasteiger charge is 2.50. The van der Waals surface area contributed by atoms with Gasteiger partial charge in [-0.1, -0.05) is 24.3 Å². The number of fused-ring (bicyclic) bond motifs is 2. The summed E-state index contributed by atoms with van der Waals surface area (Å²) in [4.78, 5) is 15.1. The Bertz CT molecular complexity index is 781. The zero-order chi connectivity index (χ0) is 17.7. The summed E-state index contributed by atoms with van der Waals surface area (Å²) in [5, 5.41) is 0. The fraction of sp³-hybridized carbons (Fsp3) is 0.611. The Labute approximate surface area is 149 Å². The van der Waals surface area contributed by atoms with E-state index in [1.54, 1.807) is 0 Å². The van der Waals surface area contributed by atoms with Crippen LogP contribution in [0.25, 0.3) is 0 Å². The van der Waals surface area contributed by atoms with E-state index in [9.17, 15) is 13.2 Å². The number of carbonyl (C=O) groups is 1. The van der Waals surface area contributed by atoms with E-state index in [1.165, 1.54) is 22.5 Å². The molecule has 2 fully saturated rings. The average Bonchev–Trinajstić information content (AvgIpc) is 3.41. The van der Waals surface area contributed by atoms with E-state index in [4.69, 9.17) is 0 Å². The lowest BCUT2D eigenvalue weighted by Crippen LogP contribution is -2.49. The maximum atomic E-state index is 13.0. The second-order valence-electron chi connectivity index (χ2n) is 7.51. The second kappa shape index (κ2) is 6.07. The van der Waals surface area contributed by atoms with Crippen LogP contribution in [-0.4, -0.2) is 50.2 Å². The third-order valence-electron chi connectivity index (χ3n) is 6.01.